The maximum atomic E-state index is 11.6. The SMILES string of the molecule is CC(C)c1nc(Sc2ccc(Br)c(C(=O)O)c2)cc(=O)[nH]1. The number of aromatic nitrogens is 2. The van der Waals surface area contributed by atoms with E-state index in [-0.39, 0.29) is 17.0 Å². The second-order valence-electron chi connectivity index (χ2n) is 4.67. The number of benzene rings is 1. The first-order valence-electron chi connectivity index (χ1n) is 6.19. The van der Waals surface area contributed by atoms with E-state index in [4.69, 9.17) is 5.11 Å². The molecular formula is C14H13BrN2O3S. The van der Waals surface area contributed by atoms with Crippen molar-refractivity contribution in [1.29, 1.82) is 0 Å². The van der Waals surface area contributed by atoms with Crippen molar-refractivity contribution in [2.45, 2.75) is 29.7 Å². The summed E-state index contributed by atoms with van der Waals surface area (Å²) in [5, 5.41) is 9.65. The number of hydrogen-bond donors (Lipinski definition) is 2. The molecule has 0 atom stereocenters. The van der Waals surface area contributed by atoms with Crippen LogP contribution in [0.4, 0.5) is 0 Å². The van der Waals surface area contributed by atoms with Crippen molar-refractivity contribution in [2.24, 2.45) is 0 Å². The summed E-state index contributed by atoms with van der Waals surface area (Å²) < 4.78 is 0.515. The fraction of sp³-hybridized carbons (Fsp3) is 0.214. The Morgan fingerprint density at radius 3 is 2.71 bits per heavy atom. The first kappa shape index (κ1) is 15.8. The van der Waals surface area contributed by atoms with Gasteiger partial charge in [0.1, 0.15) is 10.9 Å². The molecular weight excluding hydrogens is 356 g/mol. The Labute approximate surface area is 133 Å². The van der Waals surface area contributed by atoms with Gasteiger partial charge in [-0.05, 0) is 34.1 Å². The molecule has 0 bridgehead atoms. The average molecular weight is 369 g/mol. The molecule has 0 aliphatic carbocycles. The molecule has 0 spiro atoms. The van der Waals surface area contributed by atoms with Gasteiger partial charge in [-0.1, -0.05) is 25.6 Å². The van der Waals surface area contributed by atoms with E-state index in [9.17, 15) is 9.59 Å². The fourth-order valence-electron chi connectivity index (χ4n) is 1.63. The predicted molar refractivity (Wildman–Crippen MR) is 84.2 cm³/mol. The molecule has 1 heterocycles. The zero-order valence-electron chi connectivity index (χ0n) is 11.4. The number of aromatic carboxylic acids is 1. The standard InChI is InChI=1S/C14H13BrN2O3S/c1-7(2)13-16-11(18)6-12(17-13)21-8-3-4-10(15)9(5-8)14(19)20/h3-7H,1-2H3,(H,19,20)(H,16,17,18). The number of halogens is 1. The molecule has 1 aromatic heterocycles. The van der Waals surface area contributed by atoms with Crippen LogP contribution >= 0.6 is 27.7 Å². The molecule has 7 heteroatoms. The Hall–Kier alpha value is -1.60. The van der Waals surface area contributed by atoms with Gasteiger partial charge in [0.05, 0.1) is 5.56 Å². The molecule has 0 fully saturated rings. The van der Waals surface area contributed by atoms with E-state index in [0.717, 1.165) is 0 Å². The monoisotopic (exact) mass is 368 g/mol. The van der Waals surface area contributed by atoms with Gasteiger partial charge in [0.25, 0.3) is 5.56 Å². The highest BCUT2D eigenvalue weighted by atomic mass is 79.9. The highest BCUT2D eigenvalue weighted by Gasteiger charge is 2.11. The van der Waals surface area contributed by atoms with Crippen LogP contribution in [0.15, 0.2) is 43.5 Å². The van der Waals surface area contributed by atoms with Gasteiger partial charge < -0.3 is 10.1 Å². The van der Waals surface area contributed by atoms with Crippen LogP contribution < -0.4 is 5.56 Å². The van der Waals surface area contributed by atoms with Gasteiger partial charge in [-0.3, -0.25) is 4.79 Å². The Morgan fingerprint density at radius 2 is 2.10 bits per heavy atom. The van der Waals surface area contributed by atoms with Crippen LogP contribution in [0.3, 0.4) is 0 Å². The van der Waals surface area contributed by atoms with Gasteiger partial charge in [-0.15, -0.1) is 0 Å². The highest BCUT2D eigenvalue weighted by molar-refractivity contribution is 9.10. The number of nitrogens with one attached hydrogen (secondary N) is 1. The normalized spacial score (nSPS) is 10.9. The number of carboxylic acids is 1. The summed E-state index contributed by atoms with van der Waals surface area (Å²) in [5.41, 5.74) is -0.0410. The lowest BCUT2D eigenvalue weighted by Crippen LogP contribution is -2.11. The van der Waals surface area contributed by atoms with Gasteiger partial charge in [0, 0.05) is 21.4 Å². The van der Waals surface area contributed by atoms with Crippen molar-refractivity contribution < 1.29 is 9.90 Å². The van der Waals surface area contributed by atoms with Gasteiger partial charge >= 0.3 is 5.97 Å². The van der Waals surface area contributed by atoms with Crippen molar-refractivity contribution in [3.63, 3.8) is 0 Å². The van der Waals surface area contributed by atoms with Crippen molar-refractivity contribution in [3.05, 3.63) is 50.5 Å². The summed E-state index contributed by atoms with van der Waals surface area (Å²) in [6, 6.07) is 6.40. The number of aromatic amines is 1. The molecule has 110 valence electrons. The molecule has 0 aliphatic rings. The van der Waals surface area contributed by atoms with Gasteiger partial charge in [0.15, 0.2) is 0 Å². The quantitative estimate of drug-likeness (QED) is 0.806. The lowest BCUT2D eigenvalue weighted by atomic mass is 10.2. The summed E-state index contributed by atoms with van der Waals surface area (Å²) in [6.45, 7) is 3.88. The summed E-state index contributed by atoms with van der Waals surface area (Å²) in [4.78, 5) is 30.5. The second kappa shape index (κ2) is 6.44. The number of hydrogen-bond acceptors (Lipinski definition) is 4. The fourth-order valence-corrected chi connectivity index (χ4v) is 2.91. The molecule has 0 radical (unpaired) electrons. The van der Waals surface area contributed by atoms with Crippen LogP contribution in [-0.4, -0.2) is 21.0 Å². The van der Waals surface area contributed by atoms with Crippen LogP contribution in [0.25, 0.3) is 0 Å². The lowest BCUT2D eigenvalue weighted by molar-refractivity contribution is 0.0695. The highest BCUT2D eigenvalue weighted by Crippen LogP contribution is 2.29. The van der Waals surface area contributed by atoms with Crippen molar-refractivity contribution in [3.8, 4) is 0 Å². The molecule has 0 unspecified atom stereocenters. The maximum absolute atomic E-state index is 11.6. The van der Waals surface area contributed by atoms with E-state index in [2.05, 4.69) is 25.9 Å². The van der Waals surface area contributed by atoms with Crippen molar-refractivity contribution in [2.75, 3.05) is 0 Å². The third-order valence-electron chi connectivity index (χ3n) is 2.67. The minimum Gasteiger partial charge on any atom is -0.478 e. The first-order valence-corrected chi connectivity index (χ1v) is 7.79. The molecule has 21 heavy (non-hydrogen) atoms. The average Bonchev–Trinajstić information content (AvgIpc) is 2.40. The van der Waals surface area contributed by atoms with E-state index < -0.39 is 5.97 Å². The van der Waals surface area contributed by atoms with E-state index in [0.29, 0.717) is 20.2 Å². The minimum atomic E-state index is -1.01. The van der Waals surface area contributed by atoms with Gasteiger partial charge in [0.2, 0.25) is 0 Å². The van der Waals surface area contributed by atoms with Crippen molar-refractivity contribution in [1.82, 2.24) is 9.97 Å². The number of rotatable bonds is 4. The number of H-pyrrole nitrogens is 1. The summed E-state index contributed by atoms with van der Waals surface area (Å²) >= 11 is 4.46. The van der Waals surface area contributed by atoms with Crippen molar-refractivity contribution >= 4 is 33.7 Å². The summed E-state index contributed by atoms with van der Waals surface area (Å²) in [7, 11) is 0. The lowest BCUT2D eigenvalue weighted by Gasteiger charge is -2.07. The zero-order chi connectivity index (χ0) is 15.6. The van der Waals surface area contributed by atoms with Crippen LogP contribution in [0, 0.1) is 0 Å². The van der Waals surface area contributed by atoms with Crippen LogP contribution in [0.1, 0.15) is 35.9 Å². The molecule has 0 amide bonds. The molecule has 5 nitrogen and oxygen atoms in total. The zero-order valence-corrected chi connectivity index (χ0v) is 13.8. The van der Waals surface area contributed by atoms with E-state index >= 15 is 0 Å². The second-order valence-corrected chi connectivity index (χ2v) is 6.62. The number of nitrogens with zero attached hydrogens (tertiary/aromatic N) is 1. The Balaban J connectivity index is 2.36. The first-order chi connectivity index (χ1) is 9.86. The van der Waals surface area contributed by atoms with Crippen LogP contribution in [0.2, 0.25) is 0 Å². The number of carbonyl (C=O) groups is 1. The van der Waals surface area contributed by atoms with Crippen LogP contribution in [-0.2, 0) is 0 Å². The smallest absolute Gasteiger partial charge is 0.336 e. The number of carboxylic acid groups (broad SMARTS) is 1. The van der Waals surface area contributed by atoms with E-state index in [1.807, 2.05) is 13.8 Å². The summed E-state index contributed by atoms with van der Waals surface area (Å²) in [6.07, 6.45) is 0. The van der Waals surface area contributed by atoms with Gasteiger partial charge in [-0.2, -0.15) is 0 Å². The van der Waals surface area contributed by atoms with E-state index in [1.54, 1.807) is 18.2 Å². The summed E-state index contributed by atoms with van der Waals surface area (Å²) in [5.74, 6) is -0.288. The van der Waals surface area contributed by atoms with E-state index in [1.165, 1.54) is 17.8 Å². The van der Waals surface area contributed by atoms with Crippen LogP contribution in [0.5, 0.6) is 0 Å². The molecule has 0 saturated carbocycles. The molecule has 0 saturated heterocycles. The maximum Gasteiger partial charge on any atom is 0.336 e. The van der Waals surface area contributed by atoms with Gasteiger partial charge in [-0.25, -0.2) is 9.78 Å². The minimum absolute atomic E-state index is 0.109. The molecule has 2 N–H and O–H groups in total. The molecule has 1 aromatic carbocycles. The third kappa shape index (κ3) is 3.95. The Kier molecular flexibility index (Phi) is 4.84. The molecule has 2 aromatic rings. The Morgan fingerprint density at radius 1 is 1.38 bits per heavy atom. The topological polar surface area (TPSA) is 83.0 Å². The predicted octanol–water partition coefficient (Wildman–Crippen LogP) is 3.51. The molecule has 2 rings (SSSR count). The molecule has 0 aliphatic heterocycles. The Bertz CT molecular complexity index is 743. The largest absolute Gasteiger partial charge is 0.478 e. The third-order valence-corrected chi connectivity index (χ3v) is 4.27.